The van der Waals surface area contributed by atoms with Crippen molar-refractivity contribution in [2.24, 2.45) is 5.73 Å². The Bertz CT molecular complexity index is 770. The number of nitrogens with zero attached hydrogens (tertiary/aromatic N) is 1. The van der Waals surface area contributed by atoms with E-state index in [2.05, 4.69) is 0 Å². The molecule has 2 atom stereocenters. The third kappa shape index (κ3) is 2.73. The summed E-state index contributed by atoms with van der Waals surface area (Å²) in [7, 11) is 1.59. The number of hydrogen-bond acceptors (Lipinski definition) is 3. The van der Waals surface area contributed by atoms with Gasteiger partial charge >= 0.3 is 0 Å². The summed E-state index contributed by atoms with van der Waals surface area (Å²) in [5.74, 6) is -0.116. The van der Waals surface area contributed by atoms with Crippen LogP contribution in [-0.4, -0.2) is 25.0 Å². The van der Waals surface area contributed by atoms with E-state index in [1.807, 2.05) is 31.2 Å². The minimum atomic E-state index is -0.365. The molecule has 0 spiro atoms. The number of para-hydroxylation sites is 1. The van der Waals surface area contributed by atoms with Crippen LogP contribution >= 0.6 is 0 Å². The molecule has 0 bridgehead atoms. The fourth-order valence-electron chi connectivity index (χ4n) is 3.26. The zero-order valence-corrected chi connectivity index (χ0v) is 13.7. The molecule has 1 heterocycles. The van der Waals surface area contributed by atoms with Crippen LogP contribution < -0.4 is 15.4 Å². The second-order valence-corrected chi connectivity index (χ2v) is 6.00. The molecule has 1 aliphatic heterocycles. The molecule has 0 radical (unpaired) electrons. The number of primary amides is 1. The maximum atomic E-state index is 13.0. The summed E-state index contributed by atoms with van der Waals surface area (Å²) >= 11 is 0. The van der Waals surface area contributed by atoms with E-state index in [4.69, 9.17) is 10.5 Å². The molecule has 3 rings (SSSR count). The van der Waals surface area contributed by atoms with Gasteiger partial charge in [0.15, 0.2) is 0 Å². The van der Waals surface area contributed by atoms with Crippen LogP contribution in [0.5, 0.6) is 5.75 Å². The highest BCUT2D eigenvalue weighted by atomic mass is 16.5. The fourth-order valence-corrected chi connectivity index (χ4v) is 3.26. The van der Waals surface area contributed by atoms with Gasteiger partial charge in [0.25, 0.3) is 5.91 Å². The van der Waals surface area contributed by atoms with Crippen molar-refractivity contribution in [1.82, 2.24) is 0 Å². The molecule has 0 aliphatic carbocycles. The van der Waals surface area contributed by atoms with Gasteiger partial charge in [-0.3, -0.25) is 9.59 Å². The second kappa shape index (κ2) is 6.35. The Morgan fingerprint density at radius 2 is 1.79 bits per heavy atom. The number of fused-ring (bicyclic) bond motifs is 1. The Morgan fingerprint density at radius 3 is 2.42 bits per heavy atom. The maximum absolute atomic E-state index is 13.0. The lowest BCUT2D eigenvalue weighted by Crippen LogP contribution is -2.45. The number of methoxy groups -OCH3 is 1. The van der Waals surface area contributed by atoms with Gasteiger partial charge in [-0.2, -0.15) is 0 Å². The summed E-state index contributed by atoms with van der Waals surface area (Å²) in [6.07, 6.45) is 0.522. The average molecular weight is 324 g/mol. The molecule has 2 aromatic rings. The first-order valence-electron chi connectivity index (χ1n) is 7.88. The van der Waals surface area contributed by atoms with Crippen LogP contribution in [0.1, 0.15) is 35.2 Å². The monoisotopic (exact) mass is 324 g/mol. The van der Waals surface area contributed by atoms with E-state index < -0.39 is 0 Å². The van der Waals surface area contributed by atoms with Gasteiger partial charge in [-0.05, 0) is 49.2 Å². The highest BCUT2D eigenvalue weighted by Crippen LogP contribution is 2.39. The number of benzene rings is 2. The zero-order valence-electron chi connectivity index (χ0n) is 13.7. The first kappa shape index (κ1) is 16.1. The molecule has 1 aliphatic rings. The van der Waals surface area contributed by atoms with Gasteiger partial charge < -0.3 is 15.4 Å². The van der Waals surface area contributed by atoms with Crippen molar-refractivity contribution in [2.45, 2.75) is 25.3 Å². The van der Waals surface area contributed by atoms with Crippen molar-refractivity contribution in [1.29, 1.82) is 0 Å². The van der Waals surface area contributed by atoms with Crippen molar-refractivity contribution >= 4 is 17.5 Å². The molecule has 5 nitrogen and oxygen atoms in total. The topological polar surface area (TPSA) is 72.6 Å². The van der Waals surface area contributed by atoms with Crippen LogP contribution in [-0.2, 0) is 4.79 Å². The lowest BCUT2D eigenvalue weighted by Gasteiger charge is -2.38. The molecule has 0 saturated carbocycles. The van der Waals surface area contributed by atoms with E-state index in [1.165, 1.54) is 0 Å². The van der Waals surface area contributed by atoms with Crippen molar-refractivity contribution in [3.05, 3.63) is 59.7 Å². The number of amides is 2. The third-order valence-corrected chi connectivity index (χ3v) is 4.49. The van der Waals surface area contributed by atoms with E-state index in [9.17, 15) is 9.59 Å². The van der Waals surface area contributed by atoms with E-state index in [0.29, 0.717) is 17.7 Å². The first-order valence-corrected chi connectivity index (χ1v) is 7.88. The van der Waals surface area contributed by atoms with Gasteiger partial charge in [0, 0.05) is 17.3 Å². The number of carbonyl (C=O) groups is 2. The van der Waals surface area contributed by atoms with Gasteiger partial charge in [-0.25, -0.2) is 0 Å². The number of hydrogen-bond donors (Lipinski definition) is 1. The lowest BCUT2D eigenvalue weighted by atomic mass is 9.85. The summed E-state index contributed by atoms with van der Waals surface area (Å²) in [4.78, 5) is 26.5. The fraction of sp³-hybridized carbons (Fsp3) is 0.263. The Kier molecular flexibility index (Phi) is 4.25. The van der Waals surface area contributed by atoms with Gasteiger partial charge in [-0.1, -0.05) is 18.2 Å². The van der Waals surface area contributed by atoms with Crippen LogP contribution in [0.25, 0.3) is 0 Å². The van der Waals surface area contributed by atoms with Gasteiger partial charge in [0.1, 0.15) is 5.75 Å². The average Bonchev–Trinajstić information content (AvgIpc) is 2.60. The first-order chi connectivity index (χ1) is 11.5. The number of carbonyl (C=O) groups excluding carboxylic acids is 2. The minimum Gasteiger partial charge on any atom is -0.497 e. The summed E-state index contributed by atoms with van der Waals surface area (Å²) in [5.41, 5.74) is 7.69. The summed E-state index contributed by atoms with van der Waals surface area (Å²) in [5, 5.41) is 0. The van der Waals surface area contributed by atoms with Crippen molar-refractivity contribution < 1.29 is 14.3 Å². The summed E-state index contributed by atoms with van der Waals surface area (Å²) < 4.78 is 5.14. The molecular weight excluding hydrogens is 304 g/mol. The SMILES string of the molecule is COc1ccc(C(=O)N2c3ccccc3[C@@H](C(N)=O)C[C@H]2C)cc1. The van der Waals surface area contributed by atoms with Gasteiger partial charge in [0.05, 0.1) is 13.0 Å². The minimum absolute atomic E-state index is 0.0967. The molecule has 2 aromatic carbocycles. The van der Waals surface area contributed by atoms with Crippen LogP contribution in [0.15, 0.2) is 48.5 Å². The molecule has 0 fully saturated rings. The van der Waals surface area contributed by atoms with E-state index >= 15 is 0 Å². The zero-order chi connectivity index (χ0) is 17.3. The molecule has 0 saturated heterocycles. The number of nitrogens with two attached hydrogens (primary N) is 1. The molecule has 2 amide bonds. The molecule has 0 unspecified atom stereocenters. The third-order valence-electron chi connectivity index (χ3n) is 4.49. The normalized spacial score (nSPS) is 19.5. The van der Waals surface area contributed by atoms with Gasteiger partial charge in [-0.15, -0.1) is 0 Å². The highest BCUT2D eigenvalue weighted by molar-refractivity contribution is 6.08. The number of rotatable bonds is 3. The molecule has 24 heavy (non-hydrogen) atoms. The highest BCUT2D eigenvalue weighted by Gasteiger charge is 2.36. The van der Waals surface area contributed by atoms with Crippen LogP contribution in [0.3, 0.4) is 0 Å². The molecule has 5 heteroatoms. The molecule has 0 aromatic heterocycles. The van der Waals surface area contributed by atoms with Gasteiger partial charge in [0.2, 0.25) is 5.91 Å². The van der Waals surface area contributed by atoms with E-state index in [0.717, 1.165) is 11.3 Å². The number of ether oxygens (including phenoxy) is 1. The maximum Gasteiger partial charge on any atom is 0.258 e. The van der Waals surface area contributed by atoms with Crippen LogP contribution in [0, 0.1) is 0 Å². The van der Waals surface area contributed by atoms with Crippen molar-refractivity contribution in [3.8, 4) is 5.75 Å². The second-order valence-electron chi connectivity index (χ2n) is 6.00. The summed E-state index contributed by atoms with van der Waals surface area (Å²) in [6, 6.07) is 14.4. The van der Waals surface area contributed by atoms with Crippen LogP contribution in [0.4, 0.5) is 5.69 Å². The Balaban J connectivity index is 2.01. The summed E-state index contributed by atoms with van der Waals surface area (Å²) in [6.45, 7) is 1.94. The Morgan fingerprint density at radius 1 is 1.12 bits per heavy atom. The smallest absolute Gasteiger partial charge is 0.258 e. The predicted molar refractivity (Wildman–Crippen MR) is 92.3 cm³/mol. The van der Waals surface area contributed by atoms with E-state index in [1.54, 1.807) is 36.3 Å². The van der Waals surface area contributed by atoms with Crippen molar-refractivity contribution in [3.63, 3.8) is 0 Å². The molecular formula is C19H20N2O3. The Hall–Kier alpha value is -2.82. The van der Waals surface area contributed by atoms with Crippen molar-refractivity contribution in [2.75, 3.05) is 12.0 Å². The largest absolute Gasteiger partial charge is 0.497 e. The lowest BCUT2D eigenvalue weighted by molar-refractivity contribution is -0.119. The quantitative estimate of drug-likeness (QED) is 0.943. The number of anilines is 1. The molecule has 124 valence electrons. The van der Waals surface area contributed by atoms with Crippen LogP contribution in [0.2, 0.25) is 0 Å². The standard InChI is InChI=1S/C19H20N2O3/c1-12-11-16(18(20)22)15-5-3-4-6-17(15)21(12)19(23)13-7-9-14(24-2)10-8-13/h3-10,12,16H,11H2,1-2H3,(H2,20,22)/t12-,16+/m1/s1. The van der Waals surface area contributed by atoms with E-state index in [-0.39, 0.29) is 23.8 Å². The predicted octanol–water partition coefficient (Wildman–Crippen LogP) is 2.70. The molecule has 2 N–H and O–H groups in total. The Labute approximate surface area is 141 Å².